The second-order valence-corrected chi connectivity index (χ2v) is 4.47. The minimum absolute atomic E-state index is 0.155. The SMILES string of the molecule is COCCn1cnc2ccc([Si])c(Cl)c2c1=O. The lowest BCUT2D eigenvalue weighted by molar-refractivity contribution is 0.186. The van der Waals surface area contributed by atoms with Gasteiger partial charge < -0.3 is 4.74 Å². The van der Waals surface area contributed by atoms with E-state index >= 15 is 0 Å². The van der Waals surface area contributed by atoms with Gasteiger partial charge in [0, 0.05) is 7.11 Å². The Kier molecular flexibility index (Phi) is 3.61. The molecule has 87 valence electrons. The molecule has 2 rings (SSSR count). The molecule has 1 aromatic heterocycles. The highest BCUT2D eigenvalue weighted by Crippen LogP contribution is 2.15. The van der Waals surface area contributed by atoms with Crippen molar-refractivity contribution in [2.75, 3.05) is 13.7 Å². The number of halogens is 1. The lowest BCUT2D eigenvalue weighted by Crippen LogP contribution is -2.24. The summed E-state index contributed by atoms with van der Waals surface area (Å²) in [5.74, 6) is 0. The van der Waals surface area contributed by atoms with Crippen LogP contribution in [0.4, 0.5) is 0 Å². The van der Waals surface area contributed by atoms with Crippen molar-refractivity contribution in [3.8, 4) is 0 Å². The molecule has 1 aromatic carbocycles. The fourth-order valence-corrected chi connectivity index (χ4v) is 2.00. The molecule has 0 spiro atoms. The van der Waals surface area contributed by atoms with Gasteiger partial charge in [0.25, 0.3) is 5.56 Å². The average Bonchev–Trinajstić information content (AvgIpc) is 2.33. The highest BCUT2D eigenvalue weighted by molar-refractivity contribution is 6.48. The number of hydrogen-bond donors (Lipinski definition) is 0. The number of benzene rings is 1. The molecule has 1 heterocycles. The molecular formula is C11H10ClN2O2Si. The van der Waals surface area contributed by atoms with Crippen LogP contribution < -0.4 is 10.7 Å². The summed E-state index contributed by atoms with van der Waals surface area (Å²) in [5, 5.41) is 1.50. The summed E-state index contributed by atoms with van der Waals surface area (Å²) < 4.78 is 6.43. The van der Waals surface area contributed by atoms with E-state index in [4.69, 9.17) is 16.3 Å². The largest absolute Gasteiger partial charge is 0.383 e. The second-order valence-electron chi connectivity index (χ2n) is 3.56. The first kappa shape index (κ1) is 12.3. The molecule has 0 saturated carbocycles. The van der Waals surface area contributed by atoms with Crippen LogP contribution in [0.15, 0.2) is 23.3 Å². The van der Waals surface area contributed by atoms with E-state index in [0.29, 0.717) is 34.3 Å². The van der Waals surface area contributed by atoms with Crippen molar-refractivity contribution >= 4 is 37.9 Å². The van der Waals surface area contributed by atoms with Crippen molar-refractivity contribution in [3.05, 3.63) is 33.8 Å². The number of methoxy groups -OCH3 is 1. The van der Waals surface area contributed by atoms with Gasteiger partial charge in [0.05, 0.1) is 45.6 Å². The zero-order valence-electron chi connectivity index (χ0n) is 9.24. The van der Waals surface area contributed by atoms with Crippen molar-refractivity contribution < 1.29 is 4.74 Å². The van der Waals surface area contributed by atoms with Gasteiger partial charge in [-0.05, 0) is 11.3 Å². The molecule has 0 aliphatic carbocycles. The molecule has 17 heavy (non-hydrogen) atoms. The molecule has 0 atom stereocenters. The third-order valence-corrected chi connectivity index (χ3v) is 3.43. The maximum absolute atomic E-state index is 12.2. The van der Waals surface area contributed by atoms with Crippen LogP contribution in [0.25, 0.3) is 10.9 Å². The van der Waals surface area contributed by atoms with Crippen LogP contribution in [0.3, 0.4) is 0 Å². The molecule has 4 nitrogen and oxygen atoms in total. The molecule has 0 aliphatic heterocycles. The summed E-state index contributed by atoms with van der Waals surface area (Å²) >= 11 is 6.10. The minimum atomic E-state index is -0.155. The molecule has 0 unspecified atom stereocenters. The van der Waals surface area contributed by atoms with Crippen molar-refractivity contribution in [1.29, 1.82) is 0 Å². The zero-order valence-corrected chi connectivity index (χ0v) is 11.0. The zero-order chi connectivity index (χ0) is 12.4. The number of fused-ring (bicyclic) bond motifs is 1. The summed E-state index contributed by atoms with van der Waals surface area (Å²) in [6.45, 7) is 0.915. The minimum Gasteiger partial charge on any atom is -0.383 e. The van der Waals surface area contributed by atoms with Gasteiger partial charge in [0.2, 0.25) is 0 Å². The van der Waals surface area contributed by atoms with Crippen LogP contribution in [0.5, 0.6) is 0 Å². The first-order valence-electron chi connectivity index (χ1n) is 5.03. The number of rotatable bonds is 3. The predicted molar refractivity (Wildman–Crippen MR) is 68.3 cm³/mol. The maximum Gasteiger partial charge on any atom is 0.262 e. The number of aromatic nitrogens is 2. The van der Waals surface area contributed by atoms with Crippen molar-refractivity contribution in [2.24, 2.45) is 0 Å². The third-order valence-electron chi connectivity index (χ3n) is 2.47. The van der Waals surface area contributed by atoms with Crippen LogP contribution in [0, 0.1) is 0 Å². The van der Waals surface area contributed by atoms with Gasteiger partial charge >= 0.3 is 0 Å². The van der Waals surface area contributed by atoms with Crippen molar-refractivity contribution in [3.63, 3.8) is 0 Å². The Morgan fingerprint density at radius 3 is 3.00 bits per heavy atom. The highest BCUT2D eigenvalue weighted by atomic mass is 35.5. The van der Waals surface area contributed by atoms with E-state index < -0.39 is 0 Å². The number of ether oxygens (including phenoxy) is 1. The van der Waals surface area contributed by atoms with Gasteiger partial charge in [-0.25, -0.2) is 4.98 Å². The molecule has 6 heteroatoms. The fraction of sp³-hybridized carbons (Fsp3) is 0.273. The smallest absolute Gasteiger partial charge is 0.262 e. The molecule has 0 saturated heterocycles. The predicted octanol–water partition coefficient (Wildman–Crippen LogP) is 0.490. The molecule has 0 N–H and O–H groups in total. The Morgan fingerprint density at radius 1 is 1.53 bits per heavy atom. The second kappa shape index (κ2) is 4.99. The summed E-state index contributed by atoms with van der Waals surface area (Å²) in [7, 11) is 4.93. The van der Waals surface area contributed by atoms with E-state index in [1.165, 1.54) is 10.9 Å². The van der Waals surface area contributed by atoms with E-state index in [0.717, 1.165) is 0 Å². The Labute approximate surface area is 107 Å². The molecule has 2 aromatic rings. The van der Waals surface area contributed by atoms with Crippen LogP contribution >= 0.6 is 11.6 Å². The van der Waals surface area contributed by atoms with Crippen LogP contribution in [-0.2, 0) is 11.3 Å². The Hall–Kier alpha value is -1.17. The van der Waals surface area contributed by atoms with E-state index in [-0.39, 0.29) is 5.56 Å². The summed E-state index contributed by atoms with van der Waals surface area (Å²) in [4.78, 5) is 16.4. The van der Waals surface area contributed by atoms with Gasteiger partial charge in [0.15, 0.2) is 0 Å². The van der Waals surface area contributed by atoms with Crippen molar-refractivity contribution in [2.45, 2.75) is 6.54 Å². The number of hydrogen-bond acceptors (Lipinski definition) is 3. The molecule has 3 radical (unpaired) electrons. The lowest BCUT2D eigenvalue weighted by atomic mass is 10.2. The van der Waals surface area contributed by atoms with Crippen LogP contribution in [0.1, 0.15) is 0 Å². The first-order chi connectivity index (χ1) is 8.15. The molecule has 0 bridgehead atoms. The standard InChI is InChI=1S/C11H10ClN2O2Si/c1-16-5-4-14-6-13-7-2-3-8(17)10(12)9(7)11(14)15/h2-3,6H,4-5H2,1H3. The summed E-state index contributed by atoms with van der Waals surface area (Å²) in [5.41, 5.74) is 0.438. The normalized spacial score (nSPS) is 11.0. The van der Waals surface area contributed by atoms with Crippen molar-refractivity contribution in [1.82, 2.24) is 9.55 Å². The lowest BCUT2D eigenvalue weighted by Gasteiger charge is -2.07. The average molecular weight is 266 g/mol. The van der Waals surface area contributed by atoms with E-state index in [2.05, 4.69) is 15.2 Å². The fourth-order valence-electron chi connectivity index (χ4n) is 1.55. The van der Waals surface area contributed by atoms with E-state index in [1.807, 2.05) is 0 Å². The summed E-state index contributed by atoms with van der Waals surface area (Å²) in [6, 6.07) is 3.53. The maximum atomic E-state index is 12.2. The van der Waals surface area contributed by atoms with Gasteiger partial charge in [-0.3, -0.25) is 9.36 Å². The molecule has 0 aliphatic rings. The first-order valence-corrected chi connectivity index (χ1v) is 5.91. The monoisotopic (exact) mass is 265 g/mol. The Bertz CT molecular complexity index is 612. The van der Waals surface area contributed by atoms with Gasteiger partial charge in [-0.1, -0.05) is 17.7 Å². The Morgan fingerprint density at radius 2 is 2.29 bits per heavy atom. The van der Waals surface area contributed by atoms with Crippen LogP contribution in [0.2, 0.25) is 5.02 Å². The van der Waals surface area contributed by atoms with Gasteiger partial charge in [0.1, 0.15) is 0 Å². The topological polar surface area (TPSA) is 44.1 Å². The third kappa shape index (κ3) is 2.26. The van der Waals surface area contributed by atoms with Gasteiger partial charge in [-0.15, -0.1) is 0 Å². The van der Waals surface area contributed by atoms with Crippen LogP contribution in [-0.4, -0.2) is 33.5 Å². The quantitative estimate of drug-likeness (QED) is 0.759. The van der Waals surface area contributed by atoms with Gasteiger partial charge in [-0.2, -0.15) is 0 Å². The highest BCUT2D eigenvalue weighted by Gasteiger charge is 2.09. The number of nitrogens with zero attached hydrogens (tertiary/aromatic N) is 2. The molecular weight excluding hydrogens is 256 g/mol. The van der Waals surface area contributed by atoms with E-state index in [9.17, 15) is 4.79 Å². The van der Waals surface area contributed by atoms with E-state index in [1.54, 1.807) is 19.2 Å². The molecule has 0 fully saturated rings. The molecule has 0 amide bonds. The summed E-state index contributed by atoms with van der Waals surface area (Å²) in [6.07, 6.45) is 1.51. The Balaban J connectivity index is 2.65.